The number of anilines is 1. The van der Waals surface area contributed by atoms with E-state index in [1.54, 1.807) is 0 Å². The number of amides is 1. The SMILES string of the molecule is CN(C(=O)Oc1c(/C(C=NC2CCOC(CO)C2)=C/N)cc(C(F)(F)F)cc1C(F)(F)F)c1ccc(F)cc1. The Kier molecular flexibility index (Phi) is 9.22. The molecule has 7 nitrogen and oxygen atoms in total. The summed E-state index contributed by atoms with van der Waals surface area (Å²) in [4.78, 5) is 17.8. The van der Waals surface area contributed by atoms with Gasteiger partial charge in [-0.2, -0.15) is 26.3 Å². The molecule has 14 heteroatoms. The Labute approximate surface area is 218 Å². The van der Waals surface area contributed by atoms with Crippen molar-refractivity contribution in [3.8, 4) is 5.75 Å². The Morgan fingerprint density at radius 2 is 1.85 bits per heavy atom. The number of allylic oxidation sites excluding steroid dienone is 1. The minimum absolute atomic E-state index is 0.0394. The van der Waals surface area contributed by atoms with Gasteiger partial charge in [0.05, 0.1) is 29.9 Å². The van der Waals surface area contributed by atoms with Gasteiger partial charge < -0.3 is 20.3 Å². The molecule has 0 aliphatic carbocycles. The van der Waals surface area contributed by atoms with Crippen molar-refractivity contribution in [3.63, 3.8) is 0 Å². The Morgan fingerprint density at radius 1 is 1.18 bits per heavy atom. The van der Waals surface area contributed by atoms with Crippen LogP contribution in [-0.2, 0) is 17.1 Å². The summed E-state index contributed by atoms with van der Waals surface area (Å²) in [7, 11) is 1.12. The number of halogens is 7. The topological polar surface area (TPSA) is 97.4 Å². The lowest BCUT2D eigenvalue weighted by molar-refractivity contribution is -0.143. The van der Waals surface area contributed by atoms with Crippen LogP contribution >= 0.6 is 0 Å². The second-order valence-electron chi connectivity index (χ2n) is 8.55. The second kappa shape index (κ2) is 12.0. The second-order valence-corrected chi connectivity index (χ2v) is 8.55. The van der Waals surface area contributed by atoms with Crippen molar-refractivity contribution in [2.45, 2.75) is 37.3 Å². The number of alkyl halides is 6. The van der Waals surface area contributed by atoms with E-state index in [4.69, 9.17) is 15.2 Å². The monoisotopic (exact) mass is 563 g/mol. The summed E-state index contributed by atoms with van der Waals surface area (Å²) in [6.07, 6.45) is -10.1. The largest absolute Gasteiger partial charge is 0.420 e. The van der Waals surface area contributed by atoms with Gasteiger partial charge in [-0.05, 0) is 49.2 Å². The number of benzene rings is 2. The predicted octanol–water partition coefficient (Wildman–Crippen LogP) is 5.41. The highest BCUT2D eigenvalue weighted by Crippen LogP contribution is 2.44. The number of ether oxygens (including phenoxy) is 2. The molecule has 1 amide bonds. The Balaban J connectivity index is 2.10. The van der Waals surface area contributed by atoms with E-state index < -0.39 is 58.8 Å². The molecule has 2 aromatic rings. The first kappa shape index (κ1) is 29.9. The summed E-state index contributed by atoms with van der Waals surface area (Å²) in [5, 5.41) is 9.29. The highest BCUT2D eigenvalue weighted by molar-refractivity contribution is 6.11. The zero-order valence-electron chi connectivity index (χ0n) is 20.4. The molecule has 1 heterocycles. The van der Waals surface area contributed by atoms with Gasteiger partial charge in [-0.25, -0.2) is 9.18 Å². The number of aliphatic hydroxyl groups excluding tert-OH is 1. The highest BCUT2D eigenvalue weighted by atomic mass is 19.4. The number of hydrogen-bond donors (Lipinski definition) is 2. The molecule has 2 aromatic carbocycles. The van der Waals surface area contributed by atoms with Crippen LogP contribution in [0.25, 0.3) is 5.57 Å². The molecule has 39 heavy (non-hydrogen) atoms. The third-order valence-corrected chi connectivity index (χ3v) is 5.86. The van der Waals surface area contributed by atoms with Crippen LogP contribution in [-0.4, -0.2) is 49.8 Å². The summed E-state index contributed by atoms with van der Waals surface area (Å²) in [6, 6.07) is 4.04. The lowest BCUT2D eigenvalue weighted by atomic mass is 9.97. The maximum Gasteiger partial charge on any atom is 0.420 e. The van der Waals surface area contributed by atoms with Gasteiger partial charge in [-0.15, -0.1) is 0 Å². The zero-order valence-corrected chi connectivity index (χ0v) is 20.4. The molecule has 2 atom stereocenters. The number of nitrogens with zero attached hydrogens (tertiary/aromatic N) is 2. The smallest absolute Gasteiger partial charge is 0.409 e. The van der Waals surface area contributed by atoms with Crippen LogP contribution in [0.5, 0.6) is 5.75 Å². The molecule has 0 spiro atoms. The van der Waals surface area contributed by atoms with Crippen molar-refractivity contribution in [3.05, 3.63) is 65.1 Å². The minimum atomic E-state index is -5.37. The van der Waals surface area contributed by atoms with Crippen LogP contribution < -0.4 is 15.4 Å². The maximum absolute atomic E-state index is 14.0. The van der Waals surface area contributed by atoms with Gasteiger partial charge in [0.1, 0.15) is 5.82 Å². The summed E-state index contributed by atoms with van der Waals surface area (Å²) in [5.41, 5.74) is 0.939. The number of hydrogen-bond acceptors (Lipinski definition) is 6. The summed E-state index contributed by atoms with van der Waals surface area (Å²) in [6.45, 7) is -0.0644. The van der Waals surface area contributed by atoms with Crippen LogP contribution in [0.4, 0.5) is 41.2 Å². The molecule has 3 rings (SSSR count). The first-order valence-corrected chi connectivity index (χ1v) is 11.5. The molecular formula is C25H24F7N3O4. The van der Waals surface area contributed by atoms with E-state index in [1.807, 2.05) is 0 Å². The lowest BCUT2D eigenvalue weighted by Crippen LogP contribution is -2.31. The molecule has 1 fully saturated rings. The van der Waals surface area contributed by atoms with Crippen molar-refractivity contribution in [2.24, 2.45) is 10.7 Å². The average molecular weight is 563 g/mol. The Morgan fingerprint density at radius 3 is 2.41 bits per heavy atom. The Bertz CT molecular complexity index is 1230. The lowest BCUT2D eigenvalue weighted by Gasteiger charge is -2.26. The standard InChI is InChI=1S/C25H24F7N3O4/c1-35(18-4-2-16(26)3-5-18)23(37)39-22-20(8-15(24(27,28)29)9-21(22)25(30,31)32)14(11-33)12-34-17-6-7-38-19(10-17)13-36/h2-5,8-9,11-12,17,19,36H,6-7,10,13,33H2,1H3/b14-11+,34-12?. The molecule has 0 saturated carbocycles. The van der Waals surface area contributed by atoms with E-state index in [0.29, 0.717) is 12.5 Å². The molecule has 1 aliphatic rings. The van der Waals surface area contributed by atoms with Crippen LogP contribution in [0.15, 0.2) is 47.6 Å². The number of carbonyl (C=O) groups is 1. The van der Waals surface area contributed by atoms with Gasteiger partial charge in [-0.3, -0.25) is 9.89 Å². The fourth-order valence-corrected chi connectivity index (χ4v) is 3.76. The maximum atomic E-state index is 14.0. The third-order valence-electron chi connectivity index (χ3n) is 5.86. The first-order chi connectivity index (χ1) is 18.2. The summed E-state index contributed by atoms with van der Waals surface area (Å²) in [5.74, 6) is -1.87. The number of carbonyl (C=O) groups excluding carboxylic acids is 1. The van der Waals surface area contributed by atoms with Gasteiger partial charge in [0, 0.05) is 42.9 Å². The van der Waals surface area contributed by atoms with Crippen LogP contribution in [0.3, 0.4) is 0 Å². The predicted molar refractivity (Wildman–Crippen MR) is 128 cm³/mol. The van der Waals surface area contributed by atoms with Crippen molar-refractivity contribution in [2.75, 3.05) is 25.2 Å². The first-order valence-electron chi connectivity index (χ1n) is 11.5. The Hall–Kier alpha value is -3.65. The van der Waals surface area contributed by atoms with Crippen molar-refractivity contribution >= 4 is 23.6 Å². The van der Waals surface area contributed by atoms with Gasteiger partial charge >= 0.3 is 18.4 Å². The molecule has 212 valence electrons. The van der Waals surface area contributed by atoms with E-state index in [1.165, 1.54) is 0 Å². The van der Waals surface area contributed by atoms with Gasteiger partial charge in [0.2, 0.25) is 0 Å². The molecule has 2 unspecified atom stereocenters. The van der Waals surface area contributed by atoms with E-state index in [2.05, 4.69) is 4.99 Å². The van der Waals surface area contributed by atoms with Crippen molar-refractivity contribution < 1.29 is 50.1 Å². The molecule has 0 radical (unpaired) electrons. The third kappa shape index (κ3) is 7.47. The van der Waals surface area contributed by atoms with Crippen LogP contribution in [0.1, 0.15) is 29.5 Å². The van der Waals surface area contributed by atoms with E-state index >= 15 is 0 Å². The highest BCUT2D eigenvalue weighted by Gasteiger charge is 2.41. The fourth-order valence-electron chi connectivity index (χ4n) is 3.76. The van der Waals surface area contributed by atoms with E-state index in [9.17, 15) is 40.6 Å². The quantitative estimate of drug-likeness (QED) is 0.362. The summed E-state index contributed by atoms with van der Waals surface area (Å²) < 4.78 is 106. The number of nitrogens with two attached hydrogens (primary N) is 1. The number of aliphatic hydroxyl groups is 1. The van der Waals surface area contributed by atoms with Crippen LogP contribution in [0.2, 0.25) is 0 Å². The molecular weight excluding hydrogens is 539 g/mol. The molecule has 1 aliphatic heterocycles. The van der Waals surface area contributed by atoms with Crippen molar-refractivity contribution in [1.82, 2.24) is 0 Å². The fraction of sp³-hybridized carbons (Fsp3) is 0.360. The molecule has 0 bridgehead atoms. The minimum Gasteiger partial charge on any atom is -0.409 e. The van der Waals surface area contributed by atoms with E-state index in [-0.39, 0.29) is 37.0 Å². The molecule has 1 saturated heterocycles. The van der Waals surface area contributed by atoms with Crippen molar-refractivity contribution in [1.29, 1.82) is 0 Å². The van der Waals surface area contributed by atoms with E-state index in [0.717, 1.165) is 48.6 Å². The van der Waals surface area contributed by atoms with Crippen LogP contribution in [0, 0.1) is 5.82 Å². The van der Waals surface area contributed by atoms with Gasteiger partial charge in [0.15, 0.2) is 5.75 Å². The number of aliphatic imine (C=N–C) groups is 1. The number of rotatable bonds is 6. The zero-order chi connectivity index (χ0) is 29.0. The summed E-state index contributed by atoms with van der Waals surface area (Å²) >= 11 is 0. The molecule has 3 N–H and O–H groups in total. The molecule has 0 aromatic heterocycles. The van der Waals surface area contributed by atoms with Gasteiger partial charge in [-0.1, -0.05) is 0 Å². The normalized spacial score (nSPS) is 18.8. The van der Waals surface area contributed by atoms with Gasteiger partial charge in [0.25, 0.3) is 0 Å². The average Bonchev–Trinajstić information content (AvgIpc) is 2.88.